The number of rotatable bonds is 4. The molecule has 1 atom stereocenters. The first-order valence-electron chi connectivity index (χ1n) is 4.34. The minimum Gasteiger partial charge on any atom is -0.489 e. The number of carbonyl (C=O) groups is 1. The van der Waals surface area contributed by atoms with Crippen molar-refractivity contribution in [1.82, 2.24) is 0 Å². The number of alkyl halides is 1. The van der Waals surface area contributed by atoms with Crippen LogP contribution in [-0.4, -0.2) is 24.5 Å². The van der Waals surface area contributed by atoms with Crippen molar-refractivity contribution in [3.05, 3.63) is 28.5 Å². The van der Waals surface area contributed by atoms with Gasteiger partial charge in [0.05, 0.1) is 7.11 Å². The number of carbonyl (C=O) groups excluding carboxylic acids is 1. The van der Waals surface area contributed by atoms with E-state index < -0.39 is 16.6 Å². The summed E-state index contributed by atoms with van der Waals surface area (Å²) in [4.78, 5) is 10.4. The molecule has 0 aliphatic rings. The SMILES string of the molecule is COC(=O)C(Br)COc1cc(Br)ccc1F. The van der Waals surface area contributed by atoms with E-state index in [1.54, 1.807) is 6.07 Å². The van der Waals surface area contributed by atoms with Gasteiger partial charge in [-0.05, 0) is 18.2 Å². The highest BCUT2D eigenvalue weighted by atomic mass is 79.9. The van der Waals surface area contributed by atoms with Crippen LogP contribution in [0.2, 0.25) is 0 Å². The third kappa shape index (κ3) is 3.75. The zero-order chi connectivity index (χ0) is 12.1. The van der Waals surface area contributed by atoms with E-state index in [-0.39, 0.29) is 12.4 Å². The molecule has 0 aliphatic carbocycles. The Hall–Kier alpha value is -0.620. The summed E-state index contributed by atoms with van der Waals surface area (Å²) in [6.07, 6.45) is 0. The van der Waals surface area contributed by atoms with Gasteiger partial charge in [0.25, 0.3) is 0 Å². The maximum absolute atomic E-state index is 13.2. The predicted molar refractivity (Wildman–Crippen MR) is 64.3 cm³/mol. The van der Waals surface area contributed by atoms with Crippen LogP contribution in [0.4, 0.5) is 4.39 Å². The van der Waals surface area contributed by atoms with Crippen LogP contribution in [0.1, 0.15) is 0 Å². The molecule has 0 aromatic heterocycles. The molecule has 0 spiro atoms. The molecule has 1 unspecified atom stereocenters. The molecule has 1 aromatic carbocycles. The van der Waals surface area contributed by atoms with E-state index >= 15 is 0 Å². The number of benzene rings is 1. The largest absolute Gasteiger partial charge is 0.489 e. The van der Waals surface area contributed by atoms with Crippen LogP contribution >= 0.6 is 31.9 Å². The van der Waals surface area contributed by atoms with Gasteiger partial charge in [-0.15, -0.1) is 0 Å². The first-order chi connectivity index (χ1) is 7.54. The topological polar surface area (TPSA) is 35.5 Å². The molecule has 1 aromatic rings. The van der Waals surface area contributed by atoms with Gasteiger partial charge in [0.15, 0.2) is 11.6 Å². The maximum Gasteiger partial charge on any atom is 0.322 e. The number of halogens is 3. The molecule has 3 nitrogen and oxygen atoms in total. The fourth-order valence-electron chi connectivity index (χ4n) is 0.947. The van der Waals surface area contributed by atoms with Crippen molar-refractivity contribution in [1.29, 1.82) is 0 Å². The van der Waals surface area contributed by atoms with Crippen molar-refractivity contribution >= 4 is 37.8 Å². The fraction of sp³-hybridized carbons (Fsp3) is 0.300. The lowest BCUT2D eigenvalue weighted by Crippen LogP contribution is -2.23. The van der Waals surface area contributed by atoms with Gasteiger partial charge in [-0.3, -0.25) is 4.79 Å². The van der Waals surface area contributed by atoms with Crippen LogP contribution in [0.3, 0.4) is 0 Å². The van der Waals surface area contributed by atoms with Crippen molar-refractivity contribution in [2.45, 2.75) is 4.83 Å². The quantitative estimate of drug-likeness (QED) is 0.615. The van der Waals surface area contributed by atoms with Crippen LogP contribution in [-0.2, 0) is 9.53 Å². The summed E-state index contributed by atoms with van der Waals surface area (Å²) >= 11 is 6.27. The highest BCUT2D eigenvalue weighted by molar-refractivity contribution is 9.10. The van der Waals surface area contributed by atoms with E-state index in [0.29, 0.717) is 4.47 Å². The van der Waals surface area contributed by atoms with Crippen LogP contribution in [0.25, 0.3) is 0 Å². The first kappa shape index (κ1) is 13.4. The second-order valence-corrected chi connectivity index (χ2v) is 4.90. The number of methoxy groups -OCH3 is 1. The Labute approximate surface area is 109 Å². The van der Waals surface area contributed by atoms with Gasteiger partial charge in [-0.2, -0.15) is 0 Å². The molecular weight excluding hydrogens is 347 g/mol. The smallest absolute Gasteiger partial charge is 0.322 e. The van der Waals surface area contributed by atoms with Crippen molar-refractivity contribution in [2.24, 2.45) is 0 Å². The lowest BCUT2D eigenvalue weighted by atomic mass is 10.3. The zero-order valence-corrected chi connectivity index (χ0v) is 11.5. The molecular formula is C10H9Br2FO3. The molecule has 88 valence electrons. The Bertz CT molecular complexity index is 384. The third-order valence-electron chi connectivity index (χ3n) is 1.74. The van der Waals surface area contributed by atoms with E-state index in [2.05, 4.69) is 36.6 Å². The van der Waals surface area contributed by atoms with E-state index in [9.17, 15) is 9.18 Å². The Morgan fingerprint density at radius 1 is 1.56 bits per heavy atom. The first-order valence-corrected chi connectivity index (χ1v) is 6.05. The van der Waals surface area contributed by atoms with E-state index in [0.717, 1.165) is 0 Å². The third-order valence-corrected chi connectivity index (χ3v) is 2.87. The average molecular weight is 356 g/mol. The highest BCUT2D eigenvalue weighted by Gasteiger charge is 2.16. The average Bonchev–Trinajstić information content (AvgIpc) is 2.28. The van der Waals surface area contributed by atoms with Crippen LogP contribution in [0, 0.1) is 5.82 Å². The monoisotopic (exact) mass is 354 g/mol. The Morgan fingerprint density at radius 3 is 2.88 bits per heavy atom. The molecule has 0 radical (unpaired) electrons. The van der Waals surface area contributed by atoms with Gasteiger partial charge in [-0.1, -0.05) is 31.9 Å². The molecule has 0 saturated heterocycles. The van der Waals surface area contributed by atoms with Gasteiger partial charge in [0.1, 0.15) is 11.4 Å². The summed E-state index contributed by atoms with van der Waals surface area (Å²) in [6.45, 7) is 0.0000463. The van der Waals surface area contributed by atoms with Crippen molar-refractivity contribution in [2.75, 3.05) is 13.7 Å². The van der Waals surface area contributed by atoms with E-state index in [4.69, 9.17) is 4.74 Å². The van der Waals surface area contributed by atoms with Gasteiger partial charge in [-0.25, -0.2) is 4.39 Å². The fourth-order valence-corrected chi connectivity index (χ4v) is 1.61. The standard InChI is InChI=1S/C10H9Br2FO3/c1-15-10(14)7(12)5-16-9-4-6(11)2-3-8(9)13/h2-4,7H,5H2,1H3. The predicted octanol–water partition coefficient (Wildman–Crippen LogP) is 2.90. The normalized spacial score (nSPS) is 12.0. The van der Waals surface area contributed by atoms with Crippen molar-refractivity contribution < 1.29 is 18.7 Å². The number of hydrogen-bond donors (Lipinski definition) is 0. The van der Waals surface area contributed by atoms with Crippen LogP contribution < -0.4 is 4.74 Å². The molecule has 0 amide bonds. The molecule has 6 heteroatoms. The van der Waals surface area contributed by atoms with E-state index in [1.165, 1.54) is 19.2 Å². The zero-order valence-electron chi connectivity index (χ0n) is 8.38. The lowest BCUT2D eigenvalue weighted by molar-refractivity contribution is -0.140. The summed E-state index contributed by atoms with van der Waals surface area (Å²) in [5, 5.41) is 0. The molecule has 16 heavy (non-hydrogen) atoms. The summed E-state index contributed by atoms with van der Waals surface area (Å²) in [5.41, 5.74) is 0. The minimum atomic E-state index is -0.615. The van der Waals surface area contributed by atoms with Crippen molar-refractivity contribution in [3.63, 3.8) is 0 Å². The summed E-state index contributed by atoms with van der Waals surface area (Å²) in [5.74, 6) is -0.856. The lowest BCUT2D eigenvalue weighted by Gasteiger charge is -2.10. The summed E-state index contributed by atoms with van der Waals surface area (Å²) in [7, 11) is 1.27. The number of hydrogen-bond acceptors (Lipinski definition) is 3. The van der Waals surface area contributed by atoms with Crippen molar-refractivity contribution in [3.8, 4) is 5.75 Å². The Balaban J connectivity index is 2.60. The number of esters is 1. The molecule has 1 rings (SSSR count). The van der Waals surface area contributed by atoms with Gasteiger partial charge >= 0.3 is 5.97 Å². The summed E-state index contributed by atoms with van der Waals surface area (Å²) in [6, 6.07) is 4.33. The minimum absolute atomic E-state index is 0.0000463. The molecule has 0 N–H and O–H groups in total. The molecule has 0 bridgehead atoms. The van der Waals surface area contributed by atoms with Crippen LogP contribution in [0.15, 0.2) is 22.7 Å². The second kappa shape index (κ2) is 6.20. The van der Waals surface area contributed by atoms with Gasteiger partial charge < -0.3 is 9.47 Å². The van der Waals surface area contributed by atoms with Gasteiger partial charge in [0, 0.05) is 4.47 Å². The van der Waals surface area contributed by atoms with Gasteiger partial charge in [0.2, 0.25) is 0 Å². The maximum atomic E-state index is 13.2. The molecule has 0 aliphatic heterocycles. The Kier molecular flexibility index (Phi) is 5.21. The molecule has 0 fully saturated rings. The summed E-state index contributed by atoms with van der Waals surface area (Å²) < 4.78 is 23.6. The molecule has 0 heterocycles. The number of ether oxygens (including phenoxy) is 2. The second-order valence-electron chi connectivity index (χ2n) is 2.88. The Morgan fingerprint density at radius 2 is 2.25 bits per heavy atom. The van der Waals surface area contributed by atoms with Crippen LogP contribution in [0.5, 0.6) is 5.75 Å². The molecule has 0 saturated carbocycles. The van der Waals surface area contributed by atoms with E-state index in [1.807, 2.05) is 0 Å². The highest BCUT2D eigenvalue weighted by Crippen LogP contribution is 2.22.